The van der Waals surface area contributed by atoms with E-state index in [9.17, 15) is 18.0 Å². The summed E-state index contributed by atoms with van der Waals surface area (Å²) in [5, 5.41) is 2.93. The van der Waals surface area contributed by atoms with Crippen LogP contribution in [0.5, 0.6) is 0 Å². The van der Waals surface area contributed by atoms with Gasteiger partial charge in [0.2, 0.25) is 5.91 Å². The Labute approximate surface area is 181 Å². The van der Waals surface area contributed by atoms with Crippen LogP contribution in [0.25, 0.3) is 0 Å². The van der Waals surface area contributed by atoms with Crippen LogP contribution < -0.4 is 10.2 Å². The van der Waals surface area contributed by atoms with Gasteiger partial charge in [0.25, 0.3) is 5.91 Å². The second-order valence-electron chi connectivity index (χ2n) is 7.64. The zero-order valence-electron chi connectivity index (χ0n) is 16.5. The van der Waals surface area contributed by atoms with Crippen LogP contribution in [0.1, 0.15) is 35.2 Å². The van der Waals surface area contributed by atoms with E-state index in [-0.39, 0.29) is 28.6 Å². The molecule has 8 heteroatoms. The fourth-order valence-corrected chi connectivity index (χ4v) is 7.41. The Morgan fingerprint density at radius 3 is 2.57 bits per heavy atom. The van der Waals surface area contributed by atoms with Crippen molar-refractivity contribution in [2.75, 3.05) is 23.0 Å². The zero-order chi connectivity index (χ0) is 21.1. The minimum Gasteiger partial charge on any atom is -0.348 e. The lowest BCUT2D eigenvalue weighted by Crippen LogP contribution is -2.24. The topological polar surface area (TPSA) is 83.6 Å². The summed E-state index contributed by atoms with van der Waals surface area (Å²) in [5.74, 6) is 0.357. The van der Waals surface area contributed by atoms with E-state index in [1.54, 1.807) is 11.0 Å². The molecular formula is C22H24N2O4S2. The molecule has 2 aromatic carbocycles. The van der Waals surface area contributed by atoms with Crippen molar-refractivity contribution in [1.82, 2.24) is 5.32 Å². The van der Waals surface area contributed by atoms with Gasteiger partial charge >= 0.3 is 0 Å². The standard InChI is InChI=1S/C22H24N2O4S2/c25-21-6-3-12-24(21)17-9-7-16(8-10-17)14-23-22(26)19-4-1-2-5-20(19)29-18-11-13-30(27,28)15-18/h1-2,4-5,7-10,18H,3,6,11-15H2,(H,23,26)/t18-/m1/s1. The first kappa shape index (κ1) is 20.9. The summed E-state index contributed by atoms with van der Waals surface area (Å²) in [7, 11) is -2.95. The lowest BCUT2D eigenvalue weighted by atomic mass is 10.1. The molecule has 2 aromatic rings. The zero-order valence-corrected chi connectivity index (χ0v) is 18.2. The Balaban J connectivity index is 1.38. The van der Waals surface area contributed by atoms with Crippen LogP contribution in [-0.2, 0) is 21.2 Å². The summed E-state index contributed by atoms with van der Waals surface area (Å²) in [6.07, 6.45) is 2.11. The minimum atomic E-state index is -2.95. The van der Waals surface area contributed by atoms with Crippen LogP contribution in [0.4, 0.5) is 5.69 Å². The van der Waals surface area contributed by atoms with Gasteiger partial charge in [-0.15, -0.1) is 11.8 Å². The molecule has 158 valence electrons. The summed E-state index contributed by atoms with van der Waals surface area (Å²) >= 11 is 1.47. The molecule has 0 saturated carbocycles. The van der Waals surface area contributed by atoms with E-state index in [0.717, 1.165) is 29.1 Å². The molecule has 0 aromatic heterocycles. The number of amides is 2. The van der Waals surface area contributed by atoms with Crippen molar-refractivity contribution >= 4 is 39.1 Å². The number of carbonyl (C=O) groups is 2. The number of anilines is 1. The minimum absolute atomic E-state index is 0.00945. The molecule has 2 heterocycles. The van der Waals surface area contributed by atoms with E-state index < -0.39 is 9.84 Å². The van der Waals surface area contributed by atoms with Gasteiger partial charge in [-0.05, 0) is 42.7 Å². The van der Waals surface area contributed by atoms with Crippen LogP contribution in [-0.4, -0.2) is 43.5 Å². The third-order valence-electron chi connectivity index (χ3n) is 5.39. The van der Waals surface area contributed by atoms with Gasteiger partial charge in [-0.25, -0.2) is 8.42 Å². The van der Waals surface area contributed by atoms with Gasteiger partial charge in [0, 0.05) is 35.3 Å². The van der Waals surface area contributed by atoms with Crippen molar-refractivity contribution in [3.05, 3.63) is 59.7 Å². The molecule has 0 spiro atoms. The maximum Gasteiger partial charge on any atom is 0.252 e. The first-order valence-corrected chi connectivity index (χ1v) is 12.7. The summed E-state index contributed by atoms with van der Waals surface area (Å²) in [6, 6.07) is 15.0. The van der Waals surface area contributed by atoms with Crippen LogP contribution >= 0.6 is 11.8 Å². The SMILES string of the molecule is O=C(NCc1ccc(N2CCCC2=O)cc1)c1ccccc1S[C@@H]1CCS(=O)(=O)C1. The second kappa shape index (κ2) is 8.81. The first-order valence-electron chi connectivity index (χ1n) is 10.0. The summed E-state index contributed by atoms with van der Waals surface area (Å²) in [6.45, 7) is 1.13. The fourth-order valence-electron chi connectivity index (χ4n) is 3.78. The van der Waals surface area contributed by atoms with Gasteiger partial charge in [0.1, 0.15) is 0 Å². The predicted octanol–water partition coefficient (Wildman–Crippen LogP) is 3.02. The Morgan fingerprint density at radius 1 is 1.13 bits per heavy atom. The van der Waals surface area contributed by atoms with Gasteiger partial charge in [0.05, 0.1) is 17.1 Å². The van der Waals surface area contributed by atoms with Crippen molar-refractivity contribution in [2.24, 2.45) is 0 Å². The van der Waals surface area contributed by atoms with Crippen molar-refractivity contribution < 1.29 is 18.0 Å². The molecule has 6 nitrogen and oxygen atoms in total. The Bertz CT molecular complexity index is 1050. The van der Waals surface area contributed by atoms with Crippen LogP contribution in [0, 0.1) is 0 Å². The lowest BCUT2D eigenvalue weighted by Gasteiger charge is -2.16. The highest BCUT2D eigenvalue weighted by molar-refractivity contribution is 8.02. The number of thioether (sulfide) groups is 1. The van der Waals surface area contributed by atoms with Gasteiger partial charge < -0.3 is 10.2 Å². The maximum atomic E-state index is 12.8. The quantitative estimate of drug-likeness (QED) is 0.741. The third kappa shape index (κ3) is 4.87. The first-order chi connectivity index (χ1) is 14.4. The molecule has 1 N–H and O–H groups in total. The number of nitrogens with one attached hydrogen (secondary N) is 1. The van der Waals surface area contributed by atoms with E-state index in [2.05, 4.69) is 5.32 Å². The van der Waals surface area contributed by atoms with E-state index in [1.165, 1.54) is 11.8 Å². The summed E-state index contributed by atoms with van der Waals surface area (Å²) < 4.78 is 23.4. The molecule has 0 unspecified atom stereocenters. The molecule has 0 bridgehead atoms. The van der Waals surface area contributed by atoms with Gasteiger partial charge in [-0.1, -0.05) is 24.3 Å². The molecule has 2 saturated heterocycles. The van der Waals surface area contributed by atoms with E-state index in [4.69, 9.17) is 0 Å². The van der Waals surface area contributed by atoms with E-state index in [1.807, 2.05) is 42.5 Å². The monoisotopic (exact) mass is 444 g/mol. The molecular weight excluding hydrogens is 420 g/mol. The molecule has 2 aliphatic rings. The number of hydrogen-bond acceptors (Lipinski definition) is 5. The lowest BCUT2D eigenvalue weighted by molar-refractivity contribution is -0.117. The number of hydrogen-bond donors (Lipinski definition) is 1. The molecule has 2 aliphatic heterocycles. The molecule has 1 atom stereocenters. The molecule has 2 amide bonds. The summed E-state index contributed by atoms with van der Waals surface area (Å²) in [4.78, 5) is 27.2. The predicted molar refractivity (Wildman–Crippen MR) is 119 cm³/mol. The fraction of sp³-hybridized carbons (Fsp3) is 0.364. The summed E-state index contributed by atoms with van der Waals surface area (Å²) in [5.41, 5.74) is 2.40. The number of rotatable bonds is 6. The number of carbonyl (C=O) groups excluding carboxylic acids is 2. The van der Waals surface area contributed by atoms with Crippen molar-refractivity contribution in [1.29, 1.82) is 0 Å². The van der Waals surface area contributed by atoms with Gasteiger partial charge in [-0.2, -0.15) is 0 Å². The molecule has 0 aliphatic carbocycles. The number of nitrogens with zero attached hydrogens (tertiary/aromatic N) is 1. The van der Waals surface area contributed by atoms with E-state index >= 15 is 0 Å². The average molecular weight is 445 g/mol. The van der Waals surface area contributed by atoms with Crippen LogP contribution in [0.2, 0.25) is 0 Å². The average Bonchev–Trinajstić information content (AvgIpc) is 3.31. The van der Waals surface area contributed by atoms with Gasteiger partial charge in [0.15, 0.2) is 9.84 Å². The molecule has 30 heavy (non-hydrogen) atoms. The smallest absolute Gasteiger partial charge is 0.252 e. The van der Waals surface area contributed by atoms with E-state index in [0.29, 0.717) is 24.9 Å². The van der Waals surface area contributed by atoms with Crippen LogP contribution in [0.15, 0.2) is 53.4 Å². The maximum absolute atomic E-state index is 12.8. The number of sulfone groups is 1. The highest BCUT2D eigenvalue weighted by atomic mass is 32.2. The number of benzene rings is 2. The normalized spacial score (nSPS) is 20.5. The largest absolute Gasteiger partial charge is 0.348 e. The Morgan fingerprint density at radius 2 is 1.90 bits per heavy atom. The highest BCUT2D eigenvalue weighted by Crippen LogP contribution is 2.33. The molecule has 2 fully saturated rings. The van der Waals surface area contributed by atoms with Crippen molar-refractivity contribution in [3.63, 3.8) is 0 Å². The Hall–Kier alpha value is -2.32. The highest BCUT2D eigenvalue weighted by Gasteiger charge is 2.29. The van der Waals surface area contributed by atoms with Crippen molar-refractivity contribution in [2.45, 2.75) is 36.0 Å². The van der Waals surface area contributed by atoms with Gasteiger partial charge in [-0.3, -0.25) is 9.59 Å². The third-order valence-corrected chi connectivity index (χ3v) is 8.72. The Kier molecular flexibility index (Phi) is 6.15. The second-order valence-corrected chi connectivity index (χ2v) is 11.2. The van der Waals surface area contributed by atoms with Crippen LogP contribution in [0.3, 0.4) is 0 Å². The van der Waals surface area contributed by atoms with Crippen molar-refractivity contribution in [3.8, 4) is 0 Å². The molecule has 0 radical (unpaired) electrons. The molecule has 4 rings (SSSR count).